The van der Waals surface area contributed by atoms with Crippen molar-refractivity contribution in [3.8, 4) is 0 Å². The largest absolute Gasteiger partial charge is 0.457 e. The van der Waals surface area contributed by atoms with Crippen LogP contribution in [0.4, 0.5) is 0 Å². The number of carbonyl (C=O) groups excluding carboxylic acids is 1. The molecule has 114 valence electrons. The molecule has 1 heterocycles. The Labute approximate surface area is 120 Å². The number of esters is 1. The van der Waals surface area contributed by atoms with Crippen LogP contribution in [0.3, 0.4) is 0 Å². The summed E-state index contributed by atoms with van der Waals surface area (Å²) in [5, 5.41) is 20.9. The average molecular weight is 282 g/mol. The monoisotopic (exact) mass is 282 g/mol. The van der Waals surface area contributed by atoms with Gasteiger partial charge in [0.05, 0.1) is 5.60 Å². The van der Waals surface area contributed by atoms with Gasteiger partial charge in [0.25, 0.3) is 0 Å². The number of ether oxygens (including phenoxy) is 1. The number of hydrogen-bond donors (Lipinski definition) is 2. The number of aliphatic hydroxyl groups excluding tert-OH is 1. The second-order valence-corrected chi connectivity index (χ2v) is 7.27. The highest BCUT2D eigenvalue weighted by Gasteiger charge is 2.72. The molecule has 20 heavy (non-hydrogen) atoms. The highest BCUT2D eigenvalue weighted by Crippen LogP contribution is 2.70. The van der Waals surface area contributed by atoms with E-state index in [1.54, 1.807) is 0 Å². The van der Waals surface area contributed by atoms with Crippen LogP contribution in [0.25, 0.3) is 0 Å². The van der Waals surface area contributed by atoms with Gasteiger partial charge in [-0.05, 0) is 50.9 Å². The molecule has 4 heteroatoms. The molecule has 2 aliphatic carbocycles. The van der Waals surface area contributed by atoms with Gasteiger partial charge in [-0.15, -0.1) is 0 Å². The number of aliphatic hydroxyl groups is 2. The molecule has 3 aliphatic rings. The maximum absolute atomic E-state index is 11.7. The summed E-state index contributed by atoms with van der Waals surface area (Å²) in [5.74, 6) is -0.0281. The van der Waals surface area contributed by atoms with Crippen molar-refractivity contribution >= 4 is 5.97 Å². The molecule has 6 atom stereocenters. The van der Waals surface area contributed by atoms with Crippen LogP contribution in [0.15, 0.2) is 0 Å². The molecule has 3 rings (SSSR count). The predicted octanol–water partition coefficient (Wildman–Crippen LogP) is 2.02. The van der Waals surface area contributed by atoms with Gasteiger partial charge in [-0.25, -0.2) is 4.79 Å². The zero-order valence-electron chi connectivity index (χ0n) is 12.7. The van der Waals surface area contributed by atoms with Crippen molar-refractivity contribution in [3.05, 3.63) is 0 Å². The molecule has 0 amide bonds. The fourth-order valence-corrected chi connectivity index (χ4v) is 5.80. The van der Waals surface area contributed by atoms with Gasteiger partial charge in [0.1, 0.15) is 5.60 Å². The smallest absolute Gasteiger partial charge is 0.335 e. The van der Waals surface area contributed by atoms with Gasteiger partial charge in [-0.2, -0.15) is 0 Å². The lowest BCUT2D eigenvalue weighted by molar-refractivity contribution is -0.175. The van der Waals surface area contributed by atoms with E-state index in [2.05, 4.69) is 13.8 Å². The van der Waals surface area contributed by atoms with Gasteiger partial charge in [-0.3, -0.25) is 0 Å². The first-order valence-electron chi connectivity index (χ1n) is 7.96. The summed E-state index contributed by atoms with van der Waals surface area (Å²) in [4.78, 5) is 11.7. The lowest BCUT2D eigenvalue weighted by Gasteiger charge is -2.50. The zero-order chi connectivity index (χ0) is 14.8. The van der Waals surface area contributed by atoms with Crippen molar-refractivity contribution in [1.29, 1.82) is 0 Å². The maximum atomic E-state index is 11.7. The number of fused-ring (bicyclic) bond motifs is 2. The third-order valence-corrected chi connectivity index (χ3v) is 6.74. The summed E-state index contributed by atoms with van der Waals surface area (Å²) >= 11 is 0. The minimum atomic E-state index is -0.999. The van der Waals surface area contributed by atoms with E-state index in [-0.39, 0.29) is 11.3 Å². The van der Waals surface area contributed by atoms with Crippen LogP contribution in [0.5, 0.6) is 0 Å². The van der Waals surface area contributed by atoms with E-state index in [0.717, 1.165) is 32.1 Å². The molecule has 0 radical (unpaired) electrons. The number of cyclic esters (lactones) is 1. The maximum Gasteiger partial charge on any atom is 0.335 e. The Hall–Kier alpha value is -0.610. The van der Waals surface area contributed by atoms with Crippen molar-refractivity contribution in [3.63, 3.8) is 0 Å². The topological polar surface area (TPSA) is 66.8 Å². The van der Waals surface area contributed by atoms with Crippen LogP contribution in [0.2, 0.25) is 0 Å². The third kappa shape index (κ3) is 1.47. The summed E-state index contributed by atoms with van der Waals surface area (Å²) in [5.41, 5.74) is -1.42. The van der Waals surface area contributed by atoms with E-state index in [4.69, 9.17) is 4.74 Å². The predicted molar refractivity (Wildman–Crippen MR) is 73.9 cm³/mol. The van der Waals surface area contributed by atoms with Crippen LogP contribution in [-0.4, -0.2) is 33.5 Å². The Bertz CT molecular complexity index is 436. The van der Waals surface area contributed by atoms with Gasteiger partial charge in [0, 0.05) is 11.8 Å². The molecule has 1 saturated heterocycles. The Kier molecular flexibility index (Phi) is 3.01. The zero-order valence-corrected chi connectivity index (χ0v) is 12.7. The SMILES string of the molecule is CCC1C(O)(CC)C2CCC1(C1(C)CC(O)C(=O)O1)C2. The van der Waals surface area contributed by atoms with Gasteiger partial charge < -0.3 is 14.9 Å². The summed E-state index contributed by atoms with van der Waals surface area (Å²) in [6.45, 7) is 6.13. The van der Waals surface area contributed by atoms with E-state index in [0.29, 0.717) is 12.3 Å². The minimum absolute atomic E-state index is 0.154. The van der Waals surface area contributed by atoms with Crippen molar-refractivity contribution < 1.29 is 19.7 Å². The molecule has 6 unspecified atom stereocenters. The van der Waals surface area contributed by atoms with Gasteiger partial charge in [0.2, 0.25) is 0 Å². The van der Waals surface area contributed by atoms with E-state index >= 15 is 0 Å². The molecule has 4 nitrogen and oxygen atoms in total. The Morgan fingerprint density at radius 2 is 2.05 bits per heavy atom. The first-order chi connectivity index (χ1) is 9.33. The summed E-state index contributed by atoms with van der Waals surface area (Å²) in [6, 6.07) is 0. The Balaban J connectivity index is 2.02. The van der Waals surface area contributed by atoms with Crippen molar-refractivity contribution in [2.45, 2.75) is 76.6 Å². The Morgan fingerprint density at radius 1 is 1.35 bits per heavy atom. The summed E-state index contributed by atoms with van der Waals surface area (Å²) < 4.78 is 5.64. The van der Waals surface area contributed by atoms with Crippen molar-refractivity contribution in [1.82, 2.24) is 0 Å². The fraction of sp³-hybridized carbons (Fsp3) is 0.938. The summed E-state index contributed by atoms with van der Waals surface area (Å²) in [7, 11) is 0. The number of hydrogen-bond acceptors (Lipinski definition) is 4. The summed E-state index contributed by atoms with van der Waals surface area (Å²) in [6.07, 6.45) is 3.94. The molecule has 1 aliphatic heterocycles. The first-order valence-corrected chi connectivity index (χ1v) is 7.96. The molecule has 0 aromatic carbocycles. The molecular formula is C16H26O4. The normalized spacial score (nSPS) is 54.5. The van der Waals surface area contributed by atoms with E-state index < -0.39 is 23.3 Å². The van der Waals surface area contributed by atoms with E-state index in [1.807, 2.05) is 6.92 Å². The highest BCUT2D eigenvalue weighted by atomic mass is 16.6. The number of carbonyl (C=O) groups is 1. The second-order valence-electron chi connectivity index (χ2n) is 7.27. The molecule has 2 N–H and O–H groups in total. The van der Waals surface area contributed by atoms with Crippen LogP contribution >= 0.6 is 0 Å². The first kappa shape index (κ1) is 14.3. The highest BCUT2D eigenvalue weighted by molar-refractivity contribution is 5.77. The minimum Gasteiger partial charge on any atom is -0.457 e. The standard InChI is InChI=1S/C16H26O4/c1-4-12-15(14(3)9-11(17)13(18)20-14)7-6-10(8-15)16(12,19)5-2/h10-12,17,19H,4-9H2,1-3H3. The van der Waals surface area contributed by atoms with Crippen LogP contribution < -0.4 is 0 Å². The van der Waals surface area contributed by atoms with Crippen molar-refractivity contribution in [2.75, 3.05) is 0 Å². The molecular weight excluding hydrogens is 256 g/mol. The fourth-order valence-electron chi connectivity index (χ4n) is 5.80. The lowest BCUT2D eigenvalue weighted by Crippen LogP contribution is -2.54. The van der Waals surface area contributed by atoms with Gasteiger partial charge in [0.15, 0.2) is 6.10 Å². The lowest BCUT2D eigenvalue weighted by atomic mass is 9.58. The van der Waals surface area contributed by atoms with Crippen LogP contribution in [0.1, 0.15) is 59.3 Å². The molecule has 2 bridgehead atoms. The molecule has 2 saturated carbocycles. The van der Waals surface area contributed by atoms with Crippen molar-refractivity contribution in [2.24, 2.45) is 17.3 Å². The van der Waals surface area contributed by atoms with E-state index in [1.165, 1.54) is 0 Å². The quantitative estimate of drug-likeness (QED) is 0.777. The van der Waals surface area contributed by atoms with Gasteiger partial charge >= 0.3 is 5.97 Å². The van der Waals surface area contributed by atoms with E-state index in [9.17, 15) is 15.0 Å². The molecule has 3 fully saturated rings. The molecule has 0 spiro atoms. The van der Waals surface area contributed by atoms with Crippen LogP contribution in [-0.2, 0) is 9.53 Å². The van der Waals surface area contributed by atoms with Gasteiger partial charge in [-0.1, -0.05) is 13.8 Å². The Morgan fingerprint density at radius 3 is 2.55 bits per heavy atom. The number of rotatable bonds is 3. The average Bonchev–Trinajstić information content (AvgIpc) is 3.02. The molecule has 0 aromatic rings. The second kappa shape index (κ2) is 4.20. The van der Waals surface area contributed by atoms with Crippen LogP contribution in [0, 0.1) is 17.3 Å². The molecule has 0 aromatic heterocycles. The third-order valence-electron chi connectivity index (χ3n) is 6.74.